The van der Waals surface area contributed by atoms with E-state index >= 15 is 0 Å². The number of phenolic OH excluding ortho intramolecular Hbond substituents is 1. The third-order valence-corrected chi connectivity index (χ3v) is 7.70. The van der Waals surface area contributed by atoms with Crippen molar-refractivity contribution in [1.82, 2.24) is 10.5 Å². The van der Waals surface area contributed by atoms with E-state index in [2.05, 4.69) is 10.5 Å². The summed E-state index contributed by atoms with van der Waals surface area (Å²) in [5.74, 6) is -7.61. The molecule has 0 saturated carbocycles. The molecule has 204 valence electrons. The minimum atomic E-state index is -2.64. The molecule has 0 unspecified atom stereocenters. The highest BCUT2D eigenvalue weighted by molar-refractivity contribution is 6.24. The first-order valence-electron chi connectivity index (χ1n) is 12.1. The molecule has 0 aliphatic heterocycles. The number of carbonyl (C=O) groups is 4. The van der Waals surface area contributed by atoms with Crippen molar-refractivity contribution in [3.8, 4) is 5.75 Å². The zero-order chi connectivity index (χ0) is 28.4. The van der Waals surface area contributed by atoms with Crippen molar-refractivity contribution >= 4 is 29.1 Å². The summed E-state index contributed by atoms with van der Waals surface area (Å²) in [6.45, 7) is -0.183. The molecule has 7 N–H and O–H groups in total. The number of allylic oxidation sites excluding steroid dienone is 2. The van der Waals surface area contributed by atoms with Gasteiger partial charge in [0.05, 0.1) is 11.8 Å². The molecule has 3 aliphatic rings. The lowest BCUT2D eigenvalue weighted by Crippen LogP contribution is -2.57. The number of carbonyl (C=O) groups excluding carboxylic acids is 4. The summed E-state index contributed by atoms with van der Waals surface area (Å²) in [4.78, 5) is 52.8. The summed E-state index contributed by atoms with van der Waals surface area (Å²) in [5.41, 5.74) is 2.62. The van der Waals surface area contributed by atoms with Crippen LogP contribution in [0.15, 0.2) is 45.5 Å². The van der Waals surface area contributed by atoms with Gasteiger partial charge in [0.2, 0.25) is 11.5 Å². The van der Waals surface area contributed by atoms with E-state index in [1.807, 2.05) is 0 Å². The Balaban J connectivity index is 1.60. The summed E-state index contributed by atoms with van der Waals surface area (Å²) in [5, 5.41) is 50.1. The first-order chi connectivity index (χ1) is 18.4. The number of hydrogen-bond donors (Lipinski definition) is 6. The van der Waals surface area contributed by atoms with E-state index in [0.29, 0.717) is 11.3 Å². The second-order valence-electron chi connectivity index (χ2n) is 10.1. The van der Waals surface area contributed by atoms with Crippen LogP contribution in [-0.4, -0.2) is 68.7 Å². The molecule has 2 amide bonds. The van der Waals surface area contributed by atoms with Gasteiger partial charge in [0.15, 0.2) is 11.4 Å². The number of benzene rings is 1. The van der Waals surface area contributed by atoms with Gasteiger partial charge in [0.1, 0.15) is 22.8 Å². The first kappa shape index (κ1) is 26.0. The molecule has 1 aromatic heterocycles. The Morgan fingerprint density at radius 3 is 2.56 bits per heavy atom. The Morgan fingerprint density at radius 1 is 1.23 bits per heavy atom. The number of aliphatic hydroxyl groups excluding tert-OH is 2. The van der Waals surface area contributed by atoms with E-state index in [9.17, 15) is 39.6 Å². The van der Waals surface area contributed by atoms with Crippen LogP contribution in [0.1, 0.15) is 44.9 Å². The molecule has 13 nitrogen and oxygen atoms in total. The lowest BCUT2D eigenvalue weighted by Gasteiger charge is -2.46. The minimum Gasteiger partial charge on any atom is -0.511 e. The zero-order valence-corrected chi connectivity index (χ0v) is 21.0. The van der Waals surface area contributed by atoms with Gasteiger partial charge in [-0.15, -0.1) is 0 Å². The number of ketones is 2. The third-order valence-electron chi connectivity index (χ3n) is 7.70. The Labute approximate surface area is 221 Å². The number of amides is 2. The van der Waals surface area contributed by atoms with Crippen LogP contribution in [0.5, 0.6) is 5.75 Å². The predicted octanol–water partition coefficient (Wildman–Crippen LogP) is 0.565. The molecule has 0 bridgehead atoms. The van der Waals surface area contributed by atoms with Crippen molar-refractivity contribution in [1.29, 1.82) is 0 Å². The first-order valence-corrected chi connectivity index (χ1v) is 12.1. The highest BCUT2D eigenvalue weighted by Gasteiger charge is 2.59. The van der Waals surface area contributed by atoms with Gasteiger partial charge in [-0.1, -0.05) is 5.16 Å². The smallest absolute Gasteiger partial charge is 0.290 e. The number of anilines is 1. The molecule has 0 fully saturated rings. The van der Waals surface area contributed by atoms with Crippen LogP contribution in [0.25, 0.3) is 0 Å². The van der Waals surface area contributed by atoms with Gasteiger partial charge >= 0.3 is 0 Å². The van der Waals surface area contributed by atoms with E-state index < -0.39 is 63.7 Å². The van der Waals surface area contributed by atoms with Crippen molar-refractivity contribution < 1.29 is 44.1 Å². The summed E-state index contributed by atoms with van der Waals surface area (Å²) < 4.78 is 4.83. The summed E-state index contributed by atoms with van der Waals surface area (Å²) in [6, 6.07) is 2.99. The van der Waals surface area contributed by atoms with E-state index in [4.69, 9.17) is 10.3 Å². The average molecular weight is 539 g/mol. The third kappa shape index (κ3) is 3.76. The Bertz CT molecular complexity index is 1510. The number of rotatable bonds is 5. The molecule has 1 heterocycles. The van der Waals surface area contributed by atoms with Crippen LogP contribution in [0.3, 0.4) is 0 Å². The lowest BCUT2D eigenvalue weighted by molar-refractivity contribution is -0.144. The van der Waals surface area contributed by atoms with Gasteiger partial charge in [0.25, 0.3) is 11.8 Å². The summed E-state index contributed by atoms with van der Waals surface area (Å²) in [6.07, 6.45) is 1.20. The molecule has 13 heteroatoms. The molecular weight excluding hydrogens is 512 g/mol. The normalized spacial score (nSPS) is 24.2. The number of nitrogens with two attached hydrogens (primary N) is 1. The van der Waals surface area contributed by atoms with Crippen molar-refractivity contribution in [2.75, 3.05) is 19.0 Å². The Morgan fingerprint density at radius 2 is 1.95 bits per heavy atom. The van der Waals surface area contributed by atoms with E-state index in [1.54, 1.807) is 25.1 Å². The molecule has 0 spiro atoms. The van der Waals surface area contributed by atoms with Crippen LogP contribution < -0.4 is 16.0 Å². The van der Waals surface area contributed by atoms with E-state index in [1.165, 1.54) is 12.3 Å². The maximum atomic E-state index is 13.9. The molecule has 1 aromatic carbocycles. The van der Waals surface area contributed by atoms with Crippen LogP contribution in [-0.2, 0) is 22.6 Å². The number of fused-ring (bicyclic) bond motifs is 3. The number of nitrogens with one attached hydrogen (secondary N) is 1. The number of hydrogen-bond acceptors (Lipinski definition) is 11. The second kappa shape index (κ2) is 8.98. The second-order valence-corrected chi connectivity index (χ2v) is 10.1. The van der Waals surface area contributed by atoms with Crippen molar-refractivity contribution in [3.05, 3.63) is 63.4 Å². The van der Waals surface area contributed by atoms with Crippen molar-refractivity contribution in [2.24, 2.45) is 17.6 Å². The largest absolute Gasteiger partial charge is 0.511 e. The number of primary amides is 1. The van der Waals surface area contributed by atoms with Crippen molar-refractivity contribution in [2.45, 2.75) is 31.4 Å². The summed E-state index contributed by atoms with van der Waals surface area (Å²) in [7, 11) is 3.48. The van der Waals surface area contributed by atoms with Gasteiger partial charge in [-0.2, -0.15) is 0 Å². The SMILES string of the molecule is CN(C)c1cc(CNC(=O)c2ccno2)c(O)c2c1C[C@H]1C[C@H]3CC(O)=C(C(N)=O)C(=O)[C@@]3(O)C(O)=C1C2=O. The molecule has 3 atom stereocenters. The maximum Gasteiger partial charge on any atom is 0.290 e. The zero-order valence-electron chi connectivity index (χ0n) is 21.0. The van der Waals surface area contributed by atoms with Gasteiger partial charge < -0.3 is 40.9 Å². The van der Waals surface area contributed by atoms with Crippen LogP contribution in [0.4, 0.5) is 5.69 Å². The molecular formula is C26H26N4O9. The predicted molar refractivity (Wildman–Crippen MR) is 133 cm³/mol. The van der Waals surface area contributed by atoms with E-state index in [0.717, 1.165) is 0 Å². The number of aromatic nitrogens is 1. The van der Waals surface area contributed by atoms with Gasteiger partial charge in [0, 0.05) is 55.9 Å². The number of aromatic hydroxyl groups is 1. The lowest BCUT2D eigenvalue weighted by atomic mass is 9.60. The highest BCUT2D eigenvalue weighted by atomic mass is 16.5. The Hall–Kier alpha value is -4.65. The van der Waals surface area contributed by atoms with Crippen LogP contribution >= 0.6 is 0 Å². The highest BCUT2D eigenvalue weighted by Crippen LogP contribution is 2.52. The molecule has 5 rings (SSSR count). The van der Waals surface area contributed by atoms with Gasteiger partial charge in [-0.3, -0.25) is 19.2 Å². The minimum absolute atomic E-state index is 0.0333. The number of nitrogens with zero attached hydrogens (tertiary/aromatic N) is 2. The quantitative estimate of drug-likeness (QED) is 0.289. The van der Waals surface area contributed by atoms with E-state index in [-0.39, 0.29) is 48.3 Å². The molecule has 0 saturated heterocycles. The topological polar surface area (TPSA) is 217 Å². The van der Waals surface area contributed by atoms with Crippen molar-refractivity contribution in [3.63, 3.8) is 0 Å². The summed E-state index contributed by atoms with van der Waals surface area (Å²) >= 11 is 0. The fraction of sp³-hybridized carbons (Fsp3) is 0.346. The molecule has 39 heavy (non-hydrogen) atoms. The number of aliphatic hydroxyl groups is 3. The molecule has 3 aliphatic carbocycles. The van der Waals surface area contributed by atoms with Crippen LogP contribution in [0, 0.1) is 11.8 Å². The van der Waals surface area contributed by atoms with Gasteiger partial charge in [-0.25, -0.2) is 0 Å². The Kier molecular flexibility index (Phi) is 5.98. The maximum absolute atomic E-state index is 13.9. The standard InChI is InChI=1S/C26H26N4O9/c1-30(2)14-7-11(9-28-25(37)16-3-4-29-39-16)20(32)18-13(14)6-10-5-12-8-15(31)19(24(27)36)23(35)26(12,38)22(34)17(10)21(18)33/h3-4,7,10,12,31-32,34,38H,5-6,8-9H2,1-2H3,(H2,27,36)(H,28,37)/t10-,12+,26+/m1/s1. The van der Waals surface area contributed by atoms with Gasteiger partial charge in [-0.05, 0) is 30.4 Å². The fourth-order valence-corrected chi connectivity index (χ4v) is 5.85. The molecule has 2 aromatic rings. The number of Topliss-reactive ketones (excluding diaryl/α,β-unsaturated/α-hetero) is 2. The number of phenols is 1. The average Bonchev–Trinajstić information content (AvgIpc) is 3.40. The fourth-order valence-electron chi connectivity index (χ4n) is 5.85. The van der Waals surface area contributed by atoms with Crippen LogP contribution in [0.2, 0.25) is 0 Å². The monoisotopic (exact) mass is 538 g/mol. The molecule has 0 radical (unpaired) electrons.